The zero-order valence-electron chi connectivity index (χ0n) is 17.1. The molecule has 162 valence electrons. The van der Waals surface area contributed by atoms with Gasteiger partial charge in [-0.3, -0.25) is 9.69 Å². The molecule has 1 saturated heterocycles. The number of carboxylic acid groups (broad SMARTS) is 1. The molecule has 1 N–H and O–H groups in total. The molecule has 0 saturated carbocycles. The minimum absolute atomic E-state index is 0.121. The van der Waals surface area contributed by atoms with E-state index in [1.54, 1.807) is 6.08 Å². The van der Waals surface area contributed by atoms with Crippen molar-refractivity contribution in [1.82, 2.24) is 4.90 Å². The summed E-state index contributed by atoms with van der Waals surface area (Å²) in [4.78, 5) is 26.2. The van der Waals surface area contributed by atoms with Gasteiger partial charge in [-0.05, 0) is 53.8 Å². The lowest BCUT2D eigenvalue weighted by atomic mass is 10.0. The number of carboxylic acids is 1. The van der Waals surface area contributed by atoms with Gasteiger partial charge in [0.15, 0.2) is 0 Å². The Bertz CT molecular complexity index is 1000. The van der Waals surface area contributed by atoms with Crippen molar-refractivity contribution in [2.75, 3.05) is 0 Å². The summed E-state index contributed by atoms with van der Waals surface area (Å²) < 4.78 is 6.05. The Hall–Kier alpha value is -2.35. The molecule has 2 aromatic rings. The van der Waals surface area contributed by atoms with Gasteiger partial charge in [0.2, 0.25) is 0 Å². The predicted octanol–water partition coefficient (Wildman–Crippen LogP) is 5.62. The highest BCUT2D eigenvalue weighted by Crippen LogP contribution is 2.35. The van der Waals surface area contributed by atoms with E-state index in [4.69, 9.17) is 28.6 Å². The van der Waals surface area contributed by atoms with Gasteiger partial charge in [-0.1, -0.05) is 73.7 Å². The summed E-state index contributed by atoms with van der Waals surface area (Å²) >= 11 is 12.3. The number of carbonyl (C=O) groups excluding carboxylic acids is 1. The number of carbonyl (C=O) groups is 2. The Kier molecular flexibility index (Phi) is 7.75. The minimum atomic E-state index is -1.05. The molecule has 1 aliphatic heterocycles. The van der Waals surface area contributed by atoms with Crippen LogP contribution in [0.15, 0.2) is 53.4 Å². The first-order valence-corrected chi connectivity index (χ1v) is 11.3. The molecule has 1 heterocycles. The van der Waals surface area contributed by atoms with E-state index in [1.807, 2.05) is 62.4 Å². The number of thioether (sulfide) groups is 1. The minimum Gasteiger partial charge on any atom is -0.489 e. The number of hydrogen-bond donors (Lipinski definition) is 1. The van der Waals surface area contributed by atoms with Crippen molar-refractivity contribution in [1.29, 1.82) is 0 Å². The molecule has 1 aliphatic rings. The van der Waals surface area contributed by atoms with Crippen molar-refractivity contribution in [3.63, 3.8) is 0 Å². The maximum atomic E-state index is 12.8. The zero-order chi connectivity index (χ0) is 22.5. The van der Waals surface area contributed by atoms with Crippen molar-refractivity contribution in [3.8, 4) is 5.75 Å². The molecule has 1 atom stereocenters. The number of amides is 1. The first-order valence-electron chi connectivity index (χ1n) is 9.71. The lowest BCUT2D eigenvalue weighted by Gasteiger charge is -2.24. The molecule has 0 aromatic heterocycles. The average molecular weight is 476 g/mol. The fourth-order valence-electron chi connectivity index (χ4n) is 3.07. The van der Waals surface area contributed by atoms with E-state index in [0.29, 0.717) is 28.7 Å². The molecule has 1 unspecified atom stereocenters. The highest BCUT2D eigenvalue weighted by Gasteiger charge is 2.40. The molecule has 1 amide bonds. The maximum absolute atomic E-state index is 12.8. The summed E-state index contributed by atoms with van der Waals surface area (Å²) in [7, 11) is 0. The van der Waals surface area contributed by atoms with E-state index in [1.165, 1.54) is 4.90 Å². The number of hydrogen-bond acceptors (Lipinski definition) is 5. The second-order valence-electron chi connectivity index (χ2n) is 7.52. The van der Waals surface area contributed by atoms with E-state index in [0.717, 1.165) is 22.9 Å². The van der Waals surface area contributed by atoms with Gasteiger partial charge < -0.3 is 9.84 Å². The average Bonchev–Trinajstić information content (AvgIpc) is 2.99. The zero-order valence-corrected chi connectivity index (χ0v) is 19.5. The van der Waals surface area contributed by atoms with E-state index < -0.39 is 12.0 Å². The number of thiocarbonyl (C=S) groups is 1. The Morgan fingerprint density at radius 3 is 2.42 bits per heavy atom. The topological polar surface area (TPSA) is 66.8 Å². The van der Waals surface area contributed by atoms with Gasteiger partial charge in [-0.2, -0.15) is 0 Å². The number of benzene rings is 2. The van der Waals surface area contributed by atoms with Crippen LogP contribution in [0.25, 0.3) is 6.08 Å². The van der Waals surface area contributed by atoms with Crippen LogP contribution in [0.5, 0.6) is 5.75 Å². The highest BCUT2D eigenvalue weighted by atomic mass is 35.5. The van der Waals surface area contributed by atoms with Crippen molar-refractivity contribution < 1.29 is 19.4 Å². The number of aliphatic carboxylic acids is 1. The maximum Gasteiger partial charge on any atom is 0.326 e. The summed E-state index contributed by atoms with van der Waals surface area (Å²) in [5.74, 6) is -0.600. The second-order valence-corrected chi connectivity index (χ2v) is 9.63. The van der Waals surface area contributed by atoms with Crippen molar-refractivity contribution >= 4 is 57.9 Å². The van der Waals surface area contributed by atoms with Crippen LogP contribution in [0.3, 0.4) is 0 Å². The van der Waals surface area contributed by atoms with Crippen LogP contribution in [0.4, 0.5) is 0 Å². The fraction of sp³-hybridized carbons (Fsp3) is 0.261. The molecule has 31 heavy (non-hydrogen) atoms. The molecule has 8 heteroatoms. The Morgan fingerprint density at radius 2 is 1.84 bits per heavy atom. The fourth-order valence-corrected chi connectivity index (χ4v) is 4.55. The first kappa shape index (κ1) is 23.3. The quantitative estimate of drug-likeness (QED) is 0.395. The Morgan fingerprint density at radius 1 is 1.19 bits per heavy atom. The van der Waals surface area contributed by atoms with Gasteiger partial charge >= 0.3 is 5.97 Å². The van der Waals surface area contributed by atoms with Crippen LogP contribution in [-0.4, -0.2) is 32.2 Å². The number of halogens is 1. The van der Waals surface area contributed by atoms with Crippen molar-refractivity contribution in [3.05, 3.63) is 69.6 Å². The van der Waals surface area contributed by atoms with E-state index in [9.17, 15) is 14.7 Å². The predicted molar refractivity (Wildman–Crippen MR) is 128 cm³/mol. The summed E-state index contributed by atoms with van der Waals surface area (Å²) in [6.07, 6.45) is 2.06. The van der Waals surface area contributed by atoms with Gasteiger partial charge in [0.05, 0.1) is 4.91 Å². The Balaban J connectivity index is 1.68. The van der Waals surface area contributed by atoms with Gasteiger partial charge in [0.25, 0.3) is 5.91 Å². The summed E-state index contributed by atoms with van der Waals surface area (Å²) in [6.45, 7) is 4.25. The molecule has 0 radical (unpaired) electrons. The van der Waals surface area contributed by atoms with E-state index in [2.05, 4.69) is 0 Å². The van der Waals surface area contributed by atoms with Crippen LogP contribution in [0.1, 0.15) is 31.4 Å². The van der Waals surface area contributed by atoms with Gasteiger partial charge in [-0.25, -0.2) is 4.79 Å². The SMILES string of the molecule is CC(C)CC(C(=O)O)N1C(=O)C(=Cc2ccc(OCc3ccc(Cl)cc3)cc2)SC1=S. The molecule has 0 bridgehead atoms. The smallest absolute Gasteiger partial charge is 0.326 e. The Labute approximate surface area is 196 Å². The number of ether oxygens (including phenoxy) is 1. The van der Waals surface area contributed by atoms with Gasteiger partial charge in [0, 0.05) is 5.02 Å². The second kappa shape index (κ2) is 10.3. The summed E-state index contributed by atoms with van der Waals surface area (Å²) in [6, 6.07) is 13.8. The number of rotatable bonds is 8. The van der Waals surface area contributed by atoms with E-state index in [-0.39, 0.29) is 16.1 Å². The summed E-state index contributed by atoms with van der Waals surface area (Å²) in [5, 5.41) is 10.2. The molecule has 1 fully saturated rings. The third-order valence-electron chi connectivity index (χ3n) is 4.61. The van der Waals surface area contributed by atoms with Crippen LogP contribution >= 0.6 is 35.6 Å². The van der Waals surface area contributed by atoms with Crippen LogP contribution < -0.4 is 4.74 Å². The normalized spacial score (nSPS) is 16.3. The molecule has 2 aromatic carbocycles. The molecular weight excluding hydrogens is 454 g/mol. The standard InChI is InChI=1S/C23H22ClNO4S2/c1-14(2)11-19(22(27)28)25-21(26)20(31-23(25)30)12-15-5-9-18(10-6-15)29-13-16-3-7-17(24)8-4-16/h3-10,12,14,19H,11,13H2,1-2H3,(H,27,28). The monoisotopic (exact) mass is 475 g/mol. The molecule has 0 spiro atoms. The van der Waals surface area contributed by atoms with Crippen molar-refractivity contribution in [2.24, 2.45) is 5.92 Å². The lowest BCUT2D eigenvalue weighted by molar-refractivity contribution is -0.145. The molecule has 0 aliphatic carbocycles. The molecule has 3 rings (SSSR count). The van der Waals surface area contributed by atoms with Crippen LogP contribution in [0, 0.1) is 5.92 Å². The highest BCUT2D eigenvalue weighted by molar-refractivity contribution is 8.26. The molecular formula is C23H22ClNO4S2. The molecule has 5 nitrogen and oxygen atoms in total. The van der Waals surface area contributed by atoms with Crippen LogP contribution in [-0.2, 0) is 16.2 Å². The largest absolute Gasteiger partial charge is 0.489 e. The van der Waals surface area contributed by atoms with Crippen LogP contribution in [0.2, 0.25) is 5.02 Å². The van der Waals surface area contributed by atoms with Crippen molar-refractivity contribution in [2.45, 2.75) is 32.9 Å². The first-order chi connectivity index (χ1) is 14.7. The van der Waals surface area contributed by atoms with Gasteiger partial charge in [0.1, 0.15) is 22.7 Å². The third-order valence-corrected chi connectivity index (χ3v) is 6.19. The third kappa shape index (κ3) is 6.09. The van der Waals surface area contributed by atoms with Gasteiger partial charge in [-0.15, -0.1) is 0 Å². The lowest BCUT2D eigenvalue weighted by Crippen LogP contribution is -2.44. The van der Waals surface area contributed by atoms with E-state index >= 15 is 0 Å². The number of nitrogens with zero attached hydrogens (tertiary/aromatic N) is 1. The summed E-state index contributed by atoms with van der Waals surface area (Å²) in [5.41, 5.74) is 1.81.